The zero-order chi connectivity index (χ0) is 23.5. The van der Waals surface area contributed by atoms with Gasteiger partial charge in [-0.25, -0.2) is 0 Å². The Bertz CT molecular complexity index is 615. The molecule has 2 heterocycles. The number of aliphatic hydroxyl groups is 2. The molecule has 0 aromatic rings. The molecule has 31 heavy (non-hydrogen) atoms. The Hall–Kier alpha value is -1.06. The first-order chi connectivity index (χ1) is 14.5. The highest BCUT2D eigenvalue weighted by molar-refractivity contribution is 5.80. The molecular weight excluding hydrogens is 402 g/mol. The number of cyclic esters (lactones) is 1. The highest BCUT2D eigenvalue weighted by atomic mass is 16.7. The summed E-state index contributed by atoms with van der Waals surface area (Å²) < 4.78 is 17.6. The molecule has 8 heteroatoms. The number of esters is 1. The van der Waals surface area contributed by atoms with Gasteiger partial charge in [0.05, 0.1) is 24.2 Å². The molecule has 0 radical (unpaired) electrons. The second kappa shape index (κ2) is 11.2. The van der Waals surface area contributed by atoms with Crippen LogP contribution in [0.3, 0.4) is 0 Å². The normalized spacial score (nSPS) is 46.0. The molecule has 11 atom stereocenters. The van der Waals surface area contributed by atoms with E-state index in [1.807, 2.05) is 27.7 Å². The van der Waals surface area contributed by atoms with Gasteiger partial charge in [0.2, 0.25) is 0 Å². The fourth-order valence-corrected chi connectivity index (χ4v) is 4.68. The van der Waals surface area contributed by atoms with E-state index in [1.54, 1.807) is 13.8 Å². The summed E-state index contributed by atoms with van der Waals surface area (Å²) in [6, 6.07) is -0.740. The summed E-state index contributed by atoms with van der Waals surface area (Å²) in [7, 11) is 0. The molecule has 2 rings (SSSR count). The van der Waals surface area contributed by atoms with Gasteiger partial charge in [-0.2, -0.15) is 0 Å². The van der Waals surface area contributed by atoms with Crippen LogP contribution in [0.5, 0.6) is 0 Å². The lowest BCUT2D eigenvalue weighted by Crippen LogP contribution is -2.61. The number of nitrogens with two attached hydrogens (primary N) is 1. The monoisotopic (exact) mass is 443 g/mol. The van der Waals surface area contributed by atoms with Crippen molar-refractivity contribution >= 4 is 11.8 Å². The minimum absolute atomic E-state index is 0.0782. The molecule has 2 unspecified atom stereocenters. The lowest BCUT2D eigenvalue weighted by atomic mass is 9.83. The molecule has 0 saturated carbocycles. The number of rotatable bonds is 3. The number of carbonyl (C=O) groups excluding carboxylic acids is 2. The number of Topliss-reactive ketones (excluding diaryl/α,β-unsaturated/α-hetero) is 1. The van der Waals surface area contributed by atoms with Crippen LogP contribution >= 0.6 is 0 Å². The van der Waals surface area contributed by atoms with E-state index in [2.05, 4.69) is 0 Å². The first-order valence-corrected chi connectivity index (χ1v) is 11.6. The second-order valence-electron chi connectivity index (χ2n) is 9.64. The molecular formula is C23H41NO7. The zero-order valence-corrected chi connectivity index (χ0v) is 19.7. The number of hydrogen-bond donors (Lipinski definition) is 3. The van der Waals surface area contributed by atoms with Crippen LogP contribution in [0, 0.1) is 23.7 Å². The van der Waals surface area contributed by atoms with Crippen molar-refractivity contribution in [2.75, 3.05) is 0 Å². The average Bonchev–Trinajstić information content (AvgIpc) is 2.73. The van der Waals surface area contributed by atoms with Gasteiger partial charge < -0.3 is 30.2 Å². The van der Waals surface area contributed by atoms with E-state index < -0.39 is 42.7 Å². The Morgan fingerprint density at radius 1 is 1.06 bits per heavy atom. The maximum absolute atomic E-state index is 13.0. The van der Waals surface area contributed by atoms with Gasteiger partial charge in [-0.1, -0.05) is 27.7 Å². The molecule has 8 nitrogen and oxygen atoms in total. The molecule has 4 N–H and O–H groups in total. The highest BCUT2D eigenvalue weighted by Crippen LogP contribution is 2.32. The Morgan fingerprint density at radius 2 is 1.71 bits per heavy atom. The van der Waals surface area contributed by atoms with Crippen molar-refractivity contribution < 1.29 is 34.0 Å². The summed E-state index contributed by atoms with van der Waals surface area (Å²) in [4.78, 5) is 25.7. The molecule has 2 aliphatic rings. The molecule has 2 saturated heterocycles. The predicted octanol–water partition coefficient (Wildman–Crippen LogP) is 1.78. The summed E-state index contributed by atoms with van der Waals surface area (Å²) in [5.74, 6) is -1.10. The molecule has 0 spiro atoms. The van der Waals surface area contributed by atoms with E-state index >= 15 is 0 Å². The third-order valence-corrected chi connectivity index (χ3v) is 7.06. The van der Waals surface area contributed by atoms with Gasteiger partial charge in [0.25, 0.3) is 0 Å². The van der Waals surface area contributed by atoms with E-state index in [0.717, 1.165) is 0 Å². The molecule has 180 valence electrons. The van der Waals surface area contributed by atoms with Gasteiger partial charge >= 0.3 is 5.97 Å². The highest BCUT2D eigenvalue weighted by Gasteiger charge is 2.45. The molecule has 0 amide bonds. The van der Waals surface area contributed by atoms with E-state index in [-0.39, 0.29) is 35.6 Å². The van der Waals surface area contributed by atoms with Crippen molar-refractivity contribution in [1.82, 2.24) is 0 Å². The van der Waals surface area contributed by atoms with Crippen molar-refractivity contribution in [1.29, 1.82) is 0 Å². The fourth-order valence-electron chi connectivity index (χ4n) is 4.68. The standard InChI is InChI=1S/C23H41NO7/c1-7-17-11(2)8-9-16(25)12(3)10-13(4)21(14(5)22(28)30-17)31-23-20(27)19(26)18(24)15(6)29-23/h11-15,17-21,23,26-27H,7-10,24H2,1-6H3/t11-,12-,13+,14-,15+,17?,18+,19-,20-,21?,23+/m1/s1. The van der Waals surface area contributed by atoms with Crippen LogP contribution in [0.4, 0.5) is 0 Å². The van der Waals surface area contributed by atoms with Gasteiger partial charge in [-0.3, -0.25) is 9.59 Å². The van der Waals surface area contributed by atoms with Crippen molar-refractivity contribution in [2.45, 2.75) is 110 Å². The van der Waals surface area contributed by atoms with Crippen LogP contribution in [0.25, 0.3) is 0 Å². The average molecular weight is 444 g/mol. The van der Waals surface area contributed by atoms with Crippen molar-refractivity contribution in [2.24, 2.45) is 29.4 Å². The lowest BCUT2D eigenvalue weighted by Gasteiger charge is -2.42. The third kappa shape index (κ3) is 6.26. The number of hydrogen-bond acceptors (Lipinski definition) is 8. The summed E-state index contributed by atoms with van der Waals surface area (Å²) in [5, 5.41) is 20.7. The summed E-state index contributed by atoms with van der Waals surface area (Å²) >= 11 is 0. The molecule has 2 aliphatic heterocycles. The SMILES string of the molecule is CCC1OC(=O)[C@H](C)C(O[C@@H]2O[C@@H](C)[C@H](N)[C@@H](O)[C@H]2O)[C@@H](C)C[C@@H](C)C(=O)CC[C@H]1C. The molecule has 0 aromatic heterocycles. The van der Waals surface area contributed by atoms with Gasteiger partial charge in [0.1, 0.15) is 24.1 Å². The van der Waals surface area contributed by atoms with Gasteiger partial charge in [-0.15, -0.1) is 0 Å². The van der Waals surface area contributed by atoms with Crippen LogP contribution in [0.15, 0.2) is 0 Å². The molecule has 2 fully saturated rings. The largest absolute Gasteiger partial charge is 0.462 e. The van der Waals surface area contributed by atoms with Crippen LogP contribution < -0.4 is 5.73 Å². The number of ketones is 1. The zero-order valence-electron chi connectivity index (χ0n) is 19.7. The third-order valence-electron chi connectivity index (χ3n) is 7.06. The second-order valence-corrected chi connectivity index (χ2v) is 9.64. The van der Waals surface area contributed by atoms with Crippen LogP contribution in [0.1, 0.15) is 67.2 Å². The molecule has 0 aliphatic carbocycles. The molecule has 0 bridgehead atoms. The van der Waals surface area contributed by atoms with E-state index in [4.69, 9.17) is 19.9 Å². The van der Waals surface area contributed by atoms with E-state index in [0.29, 0.717) is 25.7 Å². The summed E-state index contributed by atoms with van der Waals surface area (Å²) in [5.41, 5.74) is 5.87. The maximum atomic E-state index is 13.0. The Balaban J connectivity index is 2.28. The lowest BCUT2D eigenvalue weighted by molar-refractivity contribution is -0.292. The van der Waals surface area contributed by atoms with Crippen LogP contribution in [0.2, 0.25) is 0 Å². The maximum Gasteiger partial charge on any atom is 0.311 e. The minimum atomic E-state index is -1.34. The van der Waals surface area contributed by atoms with Gasteiger partial charge in [0, 0.05) is 12.3 Å². The first-order valence-electron chi connectivity index (χ1n) is 11.6. The Kier molecular flexibility index (Phi) is 9.45. The number of carbonyl (C=O) groups is 2. The van der Waals surface area contributed by atoms with E-state index in [1.165, 1.54) is 0 Å². The topological polar surface area (TPSA) is 128 Å². The van der Waals surface area contributed by atoms with Crippen LogP contribution in [-0.2, 0) is 23.8 Å². The minimum Gasteiger partial charge on any atom is -0.462 e. The van der Waals surface area contributed by atoms with Gasteiger partial charge in [-0.05, 0) is 44.9 Å². The summed E-state index contributed by atoms with van der Waals surface area (Å²) in [6.07, 6.45) is -2.80. The van der Waals surface area contributed by atoms with Gasteiger partial charge in [0.15, 0.2) is 6.29 Å². The smallest absolute Gasteiger partial charge is 0.311 e. The van der Waals surface area contributed by atoms with E-state index in [9.17, 15) is 19.8 Å². The Morgan fingerprint density at radius 3 is 2.32 bits per heavy atom. The Labute approximate surface area is 185 Å². The fraction of sp³-hybridized carbons (Fsp3) is 0.913. The molecule has 0 aromatic carbocycles. The van der Waals surface area contributed by atoms with Crippen LogP contribution in [-0.4, -0.2) is 64.8 Å². The predicted molar refractivity (Wildman–Crippen MR) is 115 cm³/mol. The first kappa shape index (κ1) is 26.2. The van der Waals surface area contributed by atoms with Crippen molar-refractivity contribution in [3.63, 3.8) is 0 Å². The van der Waals surface area contributed by atoms with Crippen molar-refractivity contribution in [3.05, 3.63) is 0 Å². The number of ether oxygens (including phenoxy) is 3. The summed E-state index contributed by atoms with van der Waals surface area (Å²) in [6.45, 7) is 11.2. The van der Waals surface area contributed by atoms with Crippen molar-refractivity contribution in [3.8, 4) is 0 Å². The quantitative estimate of drug-likeness (QED) is 0.563. The number of aliphatic hydroxyl groups excluding tert-OH is 2.